The Morgan fingerprint density at radius 3 is 2.70 bits per heavy atom. The summed E-state index contributed by atoms with van der Waals surface area (Å²) < 4.78 is 0. The molecule has 0 spiro atoms. The monoisotopic (exact) mass is 278 g/mol. The lowest BCUT2D eigenvalue weighted by molar-refractivity contribution is -0.385. The first kappa shape index (κ1) is 14.3. The van der Waals surface area contributed by atoms with E-state index < -0.39 is 16.3 Å². The lowest BCUT2D eigenvalue weighted by atomic mass is 9.84. The van der Waals surface area contributed by atoms with E-state index in [4.69, 9.17) is 0 Å². The zero-order valence-corrected chi connectivity index (χ0v) is 11.6. The Balaban J connectivity index is 2.25. The van der Waals surface area contributed by atoms with Gasteiger partial charge < -0.3 is 10.0 Å². The molecule has 20 heavy (non-hydrogen) atoms. The largest absolute Gasteiger partial charge is 0.481 e. The highest BCUT2D eigenvalue weighted by atomic mass is 16.6. The minimum absolute atomic E-state index is 0.0907. The van der Waals surface area contributed by atoms with Crippen LogP contribution in [-0.2, 0) is 4.79 Å². The number of carbonyl (C=O) groups is 1. The SMILES string of the molecule is CCC1(C(=O)O)CCN(c2ccc([N+](=O)[O-])c(C)c2)C1. The molecule has 0 aliphatic carbocycles. The predicted octanol–water partition coefficient (Wildman–Crippen LogP) is 2.59. The zero-order chi connectivity index (χ0) is 14.9. The van der Waals surface area contributed by atoms with Crippen molar-refractivity contribution in [2.24, 2.45) is 5.41 Å². The highest BCUT2D eigenvalue weighted by Crippen LogP contribution is 2.37. The summed E-state index contributed by atoms with van der Waals surface area (Å²) in [5, 5.41) is 20.2. The number of carboxylic acid groups (broad SMARTS) is 1. The van der Waals surface area contributed by atoms with Crippen LogP contribution in [0.2, 0.25) is 0 Å². The molecule has 0 amide bonds. The lowest BCUT2D eigenvalue weighted by Gasteiger charge is -2.24. The molecule has 0 bridgehead atoms. The highest BCUT2D eigenvalue weighted by Gasteiger charge is 2.43. The van der Waals surface area contributed by atoms with Gasteiger partial charge in [-0.25, -0.2) is 0 Å². The third kappa shape index (κ3) is 2.33. The van der Waals surface area contributed by atoms with Crippen LogP contribution in [0.3, 0.4) is 0 Å². The van der Waals surface area contributed by atoms with Crippen molar-refractivity contribution in [1.82, 2.24) is 0 Å². The highest BCUT2D eigenvalue weighted by molar-refractivity contribution is 5.77. The number of carboxylic acids is 1. The quantitative estimate of drug-likeness (QED) is 0.676. The van der Waals surface area contributed by atoms with Crippen molar-refractivity contribution < 1.29 is 14.8 Å². The van der Waals surface area contributed by atoms with Gasteiger partial charge in [0.15, 0.2) is 0 Å². The van der Waals surface area contributed by atoms with Crippen LogP contribution in [-0.4, -0.2) is 29.1 Å². The molecule has 6 nitrogen and oxygen atoms in total. The molecule has 1 N–H and O–H groups in total. The number of nitro groups is 1. The average Bonchev–Trinajstić information content (AvgIpc) is 2.83. The van der Waals surface area contributed by atoms with Gasteiger partial charge in [-0.05, 0) is 31.9 Å². The molecule has 0 radical (unpaired) electrons. The summed E-state index contributed by atoms with van der Waals surface area (Å²) in [5.41, 5.74) is 0.838. The molecule has 1 aromatic carbocycles. The summed E-state index contributed by atoms with van der Waals surface area (Å²) in [6.07, 6.45) is 1.19. The Morgan fingerprint density at radius 1 is 1.55 bits per heavy atom. The fraction of sp³-hybridized carbons (Fsp3) is 0.500. The smallest absolute Gasteiger partial charge is 0.311 e. The maximum atomic E-state index is 11.4. The molecule has 1 atom stereocenters. The summed E-state index contributed by atoms with van der Waals surface area (Å²) in [6.45, 7) is 4.70. The van der Waals surface area contributed by atoms with Crippen LogP contribution in [0.4, 0.5) is 11.4 Å². The summed E-state index contributed by atoms with van der Waals surface area (Å²) >= 11 is 0. The third-order valence-electron chi connectivity index (χ3n) is 4.23. The number of aliphatic carboxylic acids is 1. The summed E-state index contributed by atoms with van der Waals surface area (Å²) in [6, 6.07) is 4.93. The Hall–Kier alpha value is -2.11. The lowest BCUT2D eigenvalue weighted by Crippen LogP contribution is -2.34. The fourth-order valence-electron chi connectivity index (χ4n) is 2.75. The van der Waals surface area contributed by atoms with Gasteiger partial charge in [0.25, 0.3) is 5.69 Å². The molecule has 108 valence electrons. The molecule has 1 saturated heterocycles. The standard InChI is InChI=1S/C14H18N2O4/c1-3-14(13(17)18)6-7-15(9-14)11-4-5-12(16(19)20)10(2)8-11/h4-5,8H,3,6-7,9H2,1-2H3,(H,17,18). The van der Waals surface area contributed by atoms with Gasteiger partial charge in [0, 0.05) is 30.4 Å². The second kappa shape index (κ2) is 5.11. The minimum Gasteiger partial charge on any atom is -0.481 e. The van der Waals surface area contributed by atoms with Crippen LogP contribution in [0, 0.1) is 22.5 Å². The van der Waals surface area contributed by atoms with E-state index in [-0.39, 0.29) is 5.69 Å². The van der Waals surface area contributed by atoms with Crippen LogP contribution in [0.15, 0.2) is 18.2 Å². The third-order valence-corrected chi connectivity index (χ3v) is 4.23. The van der Waals surface area contributed by atoms with Crippen molar-refractivity contribution in [3.8, 4) is 0 Å². The minimum atomic E-state index is -0.763. The van der Waals surface area contributed by atoms with Gasteiger partial charge in [0.05, 0.1) is 10.3 Å². The van der Waals surface area contributed by atoms with Crippen molar-refractivity contribution >= 4 is 17.3 Å². The van der Waals surface area contributed by atoms with E-state index in [1.807, 2.05) is 11.8 Å². The molecule has 1 fully saturated rings. The first-order valence-electron chi connectivity index (χ1n) is 6.63. The first-order chi connectivity index (χ1) is 9.39. The number of rotatable bonds is 4. The van der Waals surface area contributed by atoms with Crippen LogP contribution in [0.1, 0.15) is 25.3 Å². The van der Waals surface area contributed by atoms with Gasteiger partial charge in [0.2, 0.25) is 0 Å². The molecule has 2 rings (SSSR count). The van der Waals surface area contributed by atoms with Gasteiger partial charge in [0.1, 0.15) is 0 Å². The van der Waals surface area contributed by atoms with Gasteiger partial charge >= 0.3 is 5.97 Å². The van der Waals surface area contributed by atoms with E-state index >= 15 is 0 Å². The molecule has 0 saturated carbocycles. The van der Waals surface area contributed by atoms with E-state index in [0.717, 1.165) is 5.69 Å². The van der Waals surface area contributed by atoms with Crippen molar-refractivity contribution in [2.75, 3.05) is 18.0 Å². The molecular weight excluding hydrogens is 260 g/mol. The normalized spacial score (nSPS) is 22.0. The van der Waals surface area contributed by atoms with Crippen molar-refractivity contribution in [1.29, 1.82) is 0 Å². The van der Waals surface area contributed by atoms with E-state index in [0.29, 0.717) is 31.5 Å². The van der Waals surface area contributed by atoms with E-state index in [2.05, 4.69) is 0 Å². The topological polar surface area (TPSA) is 83.7 Å². The molecular formula is C14H18N2O4. The van der Waals surface area contributed by atoms with E-state index in [9.17, 15) is 20.0 Å². The van der Waals surface area contributed by atoms with Gasteiger partial charge in [-0.15, -0.1) is 0 Å². The molecule has 1 aliphatic rings. The van der Waals surface area contributed by atoms with Crippen LogP contribution in [0.5, 0.6) is 0 Å². The fourth-order valence-corrected chi connectivity index (χ4v) is 2.75. The van der Waals surface area contributed by atoms with Gasteiger partial charge in [-0.1, -0.05) is 6.92 Å². The number of nitrogens with zero attached hydrogens (tertiary/aromatic N) is 2. The molecule has 1 unspecified atom stereocenters. The average molecular weight is 278 g/mol. The Labute approximate surface area is 117 Å². The summed E-state index contributed by atoms with van der Waals surface area (Å²) in [5.74, 6) is -0.763. The van der Waals surface area contributed by atoms with Crippen LogP contribution in [0.25, 0.3) is 0 Å². The molecule has 0 aromatic heterocycles. The number of hydrogen-bond donors (Lipinski definition) is 1. The first-order valence-corrected chi connectivity index (χ1v) is 6.63. The Morgan fingerprint density at radius 2 is 2.25 bits per heavy atom. The van der Waals surface area contributed by atoms with Gasteiger partial charge in [-0.2, -0.15) is 0 Å². The van der Waals surface area contributed by atoms with Crippen molar-refractivity contribution in [3.63, 3.8) is 0 Å². The summed E-state index contributed by atoms with van der Waals surface area (Å²) in [4.78, 5) is 23.8. The van der Waals surface area contributed by atoms with E-state index in [1.54, 1.807) is 19.1 Å². The Kier molecular flexibility index (Phi) is 3.65. The predicted molar refractivity (Wildman–Crippen MR) is 75.0 cm³/mol. The molecule has 1 aromatic rings. The number of benzene rings is 1. The molecule has 1 heterocycles. The van der Waals surface area contributed by atoms with Crippen LogP contribution < -0.4 is 4.90 Å². The zero-order valence-electron chi connectivity index (χ0n) is 11.6. The maximum Gasteiger partial charge on any atom is 0.311 e. The second-order valence-electron chi connectivity index (χ2n) is 5.34. The molecule has 1 aliphatic heterocycles. The maximum absolute atomic E-state index is 11.4. The van der Waals surface area contributed by atoms with Crippen molar-refractivity contribution in [2.45, 2.75) is 26.7 Å². The number of nitro benzene ring substituents is 1. The molecule has 6 heteroatoms. The summed E-state index contributed by atoms with van der Waals surface area (Å²) in [7, 11) is 0. The Bertz CT molecular complexity index is 558. The number of anilines is 1. The number of hydrogen-bond acceptors (Lipinski definition) is 4. The second-order valence-corrected chi connectivity index (χ2v) is 5.34. The van der Waals surface area contributed by atoms with Crippen molar-refractivity contribution in [3.05, 3.63) is 33.9 Å². The van der Waals surface area contributed by atoms with Crippen LogP contribution >= 0.6 is 0 Å². The number of aryl methyl sites for hydroxylation is 1. The van der Waals surface area contributed by atoms with Gasteiger partial charge in [-0.3, -0.25) is 14.9 Å². The van der Waals surface area contributed by atoms with E-state index in [1.165, 1.54) is 6.07 Å².